The van der Waals surface area contributed by atoms with E-state index in [1.54, 1.807) is 12.1 Å². The van der Waals surface area contributed by atoms with Crippen molar-refractivity contribution in [2.75, 3.05) is 25.9 Å². The number of amides is 1. The molecule has 1 unspecified atom stereocenters. The lowest BCUT2D eigenvalue weighted by Gasteiger charge is -2.23. The van der Waals surface area contributed by atoms with Crippen LogP contribution >= 0.6 is 0 Å². The van der Waals surface area contributed by atoms with Gasteiger partial charge in [0.15, 0.2) is 0 Å². The molecule has 1 aromatic rings. The summed E-state index contributed by atoms with van der Waals surface area (Å²) in [7, 11) is 2.06. The smallest absolute Gasteiger partial charge is 0.251 e. The quantitative estimate of drug-likeness (QED) is 0.794. The van der Waals surface area contributed by atoms with Crippen LogP contribution in [0.5, 0.6) is 0 Å². The number of nitrogens with one attached hydrogen (secondary N) is 1. The van der Waals surface area contributed by atoms with Crippen LogP contribution in [0.4, 0.5) is 5.82 Å². The minimum absolute atomic E-state index is 0.110. The number of rotatable bonds is 6. The van der Waals surface area contributed by atoms with Gasteiger partial charge in [0, 0.05) is 30.9 Å². The number of hydrogen-bond donors (Lipinski definition) is 2. The number of likely N-dealkylation sites (N-methyl/N-ethyl adjacent to an activating group) is 1. The van der Waals surface area contributed by atoms with Gasteiger partial charge in [0.2, 0.25) is 0 Å². The fourth-order valence-corrected chi connectivity index (χ4v) is 1.57. The average Bonchev–Trinajstić information content (AvgIpc) is 2.37. The molecule has 0 fully saturated rings. The van der Waals surface area contributed by atoms with Crippen LogP contribution in [0.2, 0.25) is 0 Å². The zero-order valence-electron chi connectivity index (χ0n) is 11.3. The average molecular weight is 250 g/mol. The summed E-state index contributed by atoms with van der Waals surface area (Å²) in [6, 6.07) is 3.76. The van der Waals surface area contributed by atoms with E-state index in [2.05, 4.69) is 36.1 Å². The number of hydrogen-bond acceptors (Lipinski definition) is 4. The van der Waals surface area contributed by atoms with E-state index in [1.807, 2.05) is 0 Å². The zero-order valence-corrected chi connectivity index (χ0v) is 11.3. The molecule has 1 atom stereocenters. The van der Waals surface area contributed by atoms with E-state index in [4.69, 9.17) is 5.73 Å². The molecular weight excluding hydrogens is 228 g/mol. The Morgan fingerprint density at radius 2 is 2.33 bits per heavy atom. The molecule has 0 spiro atoms. The summed E-state index contributed by atoms with van der Waals surface area (Å²) in [5, 5.41) is 2.87. The third-order valence-electron chi connectivity index (χ3n) is 3.14. The summed E-state index contributed by atoms with van der Waals surface area (Å²) >= 11 is 0. The standard InChI is InChI=1S/C13H22N4O/c1-4-10(2)17(3)8-7-16-13(18)11-5-6-15-12(14)9-11/h5-6,9-10H,4,7-8H2,1-3H3,(H2,14,15)(H,16,18). The van der Waals surface area contributed by atoms with E-state index in [1.165, 1.54) is 6.20 Å². The normalized spacial score (nSPS) is 12.4. The highest BCUT2D eigenvalue weighted by atomic mass is 16.1. The summed E-state index contributed by atoms with van der Waals surface area (Å²) < 4.78 is 0. The minimum Gasteiger partial charge on any atom is -0.384 e. The van der Waals surface area contributed by atoms with Gasteiger partial charge in [-0.2, -0.15) is 0 Å². The van der Waals surface area contributed by atoms with Crippen LogP contribution in [0.15, 0.2) is 18.3 Å². The Bertz CT molecular complexity index is 394. The second kappa shape index (κ2) is 6.96. The Morgan fingerprint density at radius 3 is 2.94 bits per heavy atom. The predicted molar refractivity (Wildman–Crippen MR) is 73.4 cm³/mol. The molecule has 0 aliphatic heterocycles. The highest BCUT2D eigenvalue weighted by molar-refractivity contribution is 5.94. The molecule has 0 saturated heterocycles. The van der Waals surface area contributed by atoms with Crippen LogP contribution in [0.25, 0.3) is 0 Å². The van der Waals surface area contributed by atoms with Crippen molar-refractivity contribution in [1.82, 2.24) is 15.2 Å². The van der Waals surface area contributed by atoms with Crippen molar-refractivity contribution in [3.05, 3.63) is 23.9 Å². The van der Waals surface area contributed by atoms with Gasteiger partial charge in [-0.3, -0.25) is 4.79 Å². The number of carbonyl (C=O) groups is 1. The lowest BCUT2D eigenvalue weighted by Crippen LogP contribution is -2.37. The molecule has 0 saturated carbocycles. The summed E-state index contributed by atoms with van der Waals surface area (Å²) in [5.74, 6) is 0.251. The minimum atomic E-state index is -0.110. The van der Waals surface area contributed by atoms with Crippen molar-refractivity contribution in [2.45, 2.75) is 26.3 Å². The maximum Gasteiger partial charge on any atom is 0.251 e. The molecule has 3 N–H and O–H groups in total. The second-order valence-electron chi connectivity index (χ2n) is 4.46. The maximum absolute atomic E-state index is 11.8. The van der Waals surface area contributed by atoms with Crippen molar-refractivity contribution >= 4 is 11.7 Å². The molecule has 5 heteroatoms. The fraction of sp³-hybridized carbons (Fsp3) is 0.538. The molecule has 1 amide bonds. The van der Waals surface area contributed by atoms with Crippen molar-refractivity contribution in [3.63, 3.8) is 0 Å². The number of anilines is 1. The van der Waals surface area contributed by atoms with Crippen molar-refractivity contribution < 1.29 is 4.79 Å². The number of nitrogens with two attached hydrogens (primary N) is 1. The SMILES string of the molecule is CCC(C)N(C)CCNC(=O)c1ccnc(N)c1. The van der Waals surface area contributed by atoms with Gasteiger partial charge in [-0.15, -0.1) is 0 Å². The Labute approximate surface area is 108 Å². The largest absolute Gasteiger partial charge is 0.384 e. The first kappa shape index (κ1) is 14.4. The lowest BCUT2D eigenvalue weighted by atomic mass is 10.2. The van der Waals surface area contributed by atoms with E-state index in [-0.39, 0.29) is 5.91 Å². The summed E-state index contributed by atoms with van der Waals surface area (Å²) in [6.07, 6.45) is 2.64. The third-order valence-corrected chi connectivity index (χ3v) is 3.14. The summed E-state index contributed by atoms with van der Waals surface area (Å²) in [4.78, 5) is 17.9. The third kappa shape index (κ3) is 4.33. The fourth-order valence-electron chi connectivity index (χ4n) is 1.57. The number of pyridine rings is 1. The van der Waals surface area contributed by atoms with Crippen LogP contribution in [-0.2, 0) is 0 Å². The summed E-state index contributed by atoms with van der Waals surface area (Å²) in [6.45, 7) is 5.79. The predicted octanol–water partition coefficient (Wildman–Crippen LogP) is 1.12. The van der Waals surface area contributed by atoms with Gasteiger partial charge in [-0.25, -0.2) is 4.98 Å². The van der Waals surface area contributed by atoms with Gasteiger partial charge in [0.25, 0.3) is 5.91 Å². The Hall–Kier alpha value is -1.62. The van der Waals surface area contributed by atoms with Crippen LogP contribution < -0.4 is 11.1 Å². The first-order chi connectivity index (χ1) is 8.54. The van der Waals surface area contributed by atoms with E-state index in [0.29, 0.717) is 24.0 Å². The second-order valence-corrected chi connectivity index (χ2v) is 4.46. The monoisotopic (exact) mass is 250 g/mol. The number of nitrogen functional groups attached to an aromatic ring is 1. The first-order valence-corrected chi connectivity index (χ1v) is 6.24. The molecule has 0 aromatic carbocycles. The highest BCUT2D eigenvalue weighted by Crippen LogP contribution is 2.02. The van der Waals surface area contributed by atoms with Crippen molar-refractivity contribution in [3.8, 4) is 0 Å². The van der Waals surface area contributed by atoms with Gasteiger partial charge in [0.1, 0.15) is 5.82 Å². The van der Waals surface area contributed by atoms with Crippen LogP contribution in [0, 0.1) is 0 Å². The van der Waals surface area contributed by atoms with Gasteiger partial charge in [0.05, 0.1) is 0 Å². The number of nitrogens with zero attached hydrogens (tertiary/aromatic N) is 2. The highest BCUT2D eigenvalue weighted by Gasteiger charge is 2.08. The van der Waals surface area contributed by atoms with Gasteiger partial charge in [-0.05, 0) is 32.5 Å². The summed E-state index contributed by atoms with van der Waals surface area (Å²) in [5.41, 5.74) is 6.08. The molecule has 5 nitrogen and oxygen atoms in total. The van der Waals surface area contributed by atoms with Gasteiger partial charge >= 0.3 is 0 Å². The van der Waals surface area contributed by atoms with E-state index in [9.17, 15) is 4.79 Å². The lowest BCUT2D eigenvalue weighted by molar-refractivity contribution is 0.0947. The molecule has 18 heavy (non-hydrogen) atoms. The van der Waals surface area contributed by atoms with Crippen molar-refractivity contribution in [1.29, 1.82) is 0 Å². The number of aromatic nitrogens is 1. The molecule has 0 radical (unpaired) electrons. The van der Waals surface area contributed by atoms with Crippen LogP contribution in [0.3, 0.4) is 0 Å². The van der Waals surface area contributed by atoms with E-state index < -0.39 is 0 Å². The Balaban J connectivity index is 2.38. The molecule has 0 aliphatic carbocycles. The molecule has 1 heterocycles. The van der Waals surface area contributed by atoms with E-state index in [0.717, 1.165) is 13.0 Å². The van der Waals surface area contributed by atoms with E-state index >= 15 is 0 Å². The molecule has 0 bridgehead atoms. The maximum atomic E-state index is 11.8. The Morgan fingerprint density at radius 1 is 1.61 bits per heavy atom. The zero-order chi connectivity index (χ0) is 13.5. The molecular formula is C13H22N4O. The molecule has 1 aromatic heterocycles. The topological polar surface area (TPSA) is 71.2 Å². The molecule has 0 aliphatic rings. The first-order valence-electron chi connectivity index (χ1n) is 6.24. The molecule has 1 rings (SSSR count). The van der Waals surface area contributed by atoms with Crippen LogP contribution in [0.1, 0.15) is 30.6 Å². The van der Waals surface area contributed by atoms with Crippen LogP contribution in [-0.4, -0.2) is 42.0 Å². The Kier molecular flexibility index (Phi) is 5.58. The van der Waals surface area contributed by atoms with Crippen molar-refractivity contribution in [2.24, 2.45) is 0 Å². The van der Waals surface area contributed by atoms with Gasteiger partial charge < -0.3 is 16.0 Å². The van der Waals surface area contributed by atoms with Gasteiger partial charge in [-0.1, -0.05) is 6.92 Å². The molecule has 100 valence electrons. The number of carbonyl (C=O) groups excluding carboxylic acids is 1.